The smallest absolute Gasteiger partial charge is 0.222 e. The van der Waals surface area contributed by atoms with Crippen molar-refractivity contribution < 1.29 is 14.6 Å². The first-order valence-electron chi connectivity index (χ1n) is 6.81. The van der Waals surface area contributed by atoms with Crippen LogP contribution in [0.15, 0.2) is 0 Å². The highest BCUT2D eigenvalue weighted by molar-refractivity contribution is 5.77. The summed E-state index contributed by atoms with van der Waals surface area (Å²) in [6.45, 7) is 6.32. The molecule has 1 aliphatic rings. The van der Waals surface area contributed by atoms with Crippen LogP contribution in [-0.4, -0.2) is 35.9 Å². The highest BCUT2D eigenvalue weighted by Gasteiger charge is 2.32. The van der Waals surface area contributed by atoms with Gasteiger partial charge in [-0.15, -0.1) is 0 Å². The molecular formula is C14H27NO3. The zero-order chi connectivity index (χ0) is 13.8. The number of hydrogen-bond acceptors (Lipinski definition) is 3. The van der Waals surface area contributed by atoms with Crippen molar-refractivity contribution >= 4 is 5.91 Å². The first-order chi connectivity index (χ1) is 8.26. The summed E-state index contributed by atoms with van der Waals surface area (Å²) in [7, 11) is 1.60. The second kappa shape index (κ2) is 6.02. The molecule has 1 fully saturated rings. The maximum atomic E-state index is 11.8. The minimum Gasteiger partial charge on any atom is -0.388 e. The number of carbonyl (C=O) groups is 1. The van der Waals surface area contributed by atoms with Crippen LogP contribution in [0.1, 0.15) is 52.9 Å². The quantitative estimate of drug-likeness (QED) is 0.790. The minimum atomic E-state index is -0.709. The summed E-state index contributed by atoms with van der Waals surface area (Å²) in [5.41, 5.74) is -1.16. The lowest BCUT2D eigenvalue weighted by atomic mass is 9.79. The van der Waals surface area contributed by atoms with Crippen molar-refractivity contribution in [1.29, 1.82) is 0 Å². The van der Waals surface area contributed by atoms with Crippen LogP contribution in [0.4, 0.5) is 0 Å². The lowest BCUT2D eigenvalue weighted by Crippen LogP contribution is -2.46. The molecule has 1 amide bonds. The van der Waals surface area contributed by atoms with E-state index in [0.29, 0.717) is 18.9 Å². The number of methoxy groups -OCH3 is 1. The van der Waals surface area contributed by atoms with Gasteiger partial charge in [0, 0.05) is 13.7 Å². The first kappa shape index (κ1) is 15.4. The summed E-state index contributed by atoms with van der Waals surface area (Å²) < 4.78 is 5.22. The lowest BCUT2D eigenvalue weighted by Gasteiger charge is -2.35. The van der Waals surface area contributed by atoms with E-state index < -0.39 is 11.2 Å². The van der Waals surface area contributed by atoms with Crippen molar-refractivity contribution in [1.82, 2.24) is 5.32 Å². The third-order valence-electron chi connectivity index (χ3n) is 3.96. The Morgan fingerprint density at radius 1 is 1.44 bits per heavy atom. The summed E-state index contributed by atoms with van der Waals surface area (Å²) in [5.74, 6) is 0.627. The van der Waals surface area contributed by atoms with Gasteiger partial charge < -0.3 is 15.2 Å². The first-order valence-corrected chi connectivity index (χ1v) is 6.81. The molecule has 106 valence electrons. The standard InChI is InChI=1S/C14H27NO3/c1-11-5-7-14(17,8-6-11)10-15-12(16)9-13(2,3)18-4/h11,17H,5-10H2,1-4H3,(H,15,16). The lowest BCUT2D eigenvalue weighted by molar-refractivity contribution is -0.127. The summed E-state index contributed by atoms with van der Waals surface area (Å²) in [5, 5.41) is 13.2. The second-order valence-corrected chi connectivity index (χ2v) is 6.32. The van der Waals surface area contributed by atoms with Crippen LogP contribution in [0, 0.1) is 5.92 Å². The zero-order valence-electron chi connectivity index (χ0n) is 12.1. The molecule has 0 aromatic carbocycles. The van der Waals surface area contributed by atoms with Gasteiger partial charge in [-0.1, -0.05) is 6.92 Å². The Bertz CT molecular complexity index is 281. The number of amides is 1. The molecule has 0 radical (unpaired) electrons. The maximum Gasteiger partial charge on any atom is 0.222 e. The van der Waals surface area contributed by atoms with Crippen molar-refractivity contribution in [3.63, 3.8) is 0 Å². The number of rotatable bonds is 5. The van der Waals surface area contributed by atoms with E-state index in [4.69, 9.17) is 4.74 Å². The van der Waals surface area contributed by atoms with E-state index >= 15 is 0 Å². The van der Waals surface area contributed by atoms with Crippen molar-refractivity contribution in [2.45, 2.75) is 64.1 Å². The number of ether oxygens (including phenoxy) is 1. The fraction of sp³-hybridized carbons (Fsp3) is 0.929. The zero-order valence-corrected chi connectivity index (χ0v) is 12.1. The number of aliphatic hydroxyl groups is 1. The van der Waals surface area contributed by atoms with Gasteiger partial charge in [0.1, 0.15) is 0 Å². The summed E-state index contributed by atoms with van der Waals surface area (Å²) >= 11 is 0. The number of hydrogen-bond donors (Lipinski definition) is 2. The molecule has 0 atom stereocenters. The van der Waals surface area contributed by atoms with Crippen LogP contribution in [0.2, 0.25) is 0 Å². The molecule has 0 heterocycles. The van der Waals surface area contributed by atoms with Gasteiger partial charge in [-0.3, -0.25) is 4.79 Å². The van der Waals surface area contributed by atoms with Gasteiger partial charge in [0.05, 0.1) is 17.6 Å². The van der Waals surface area contributed by atoms with Crippen molar-refractivity contribution in [2.24, 2.45) is 5.92 Å². The molecule has 0 saturated heterocycles. The Balaban J connectivity index is 2.34. The van der Waals surface area contributed by atoms with E-state index in [1.807, 2.05) is 13.8 Å². The number of carbonyl (C=O) groups excluding carboxylic acids is 1. The molecule has 0 unspecified atom stereocenters. The molecular weight excluding hydrogens is 230 g/mol. The molecule has 1 rings (SSSR count). The van der Waals surface area contributed by atoms with E-state index in [2.05, 4.69) is 12.2 Å². The number of nitrogens with one attached hydrogen (secondary N) is 1. The van der Waals surface area contributed by atoms with Gasteiger partial charge in [-0.25, -0.2) is 0 Å². The fourth-order valence-electron chi connectivity index (χ4n) is 2.26. The van der Waals surface area contributed by atoms with Gasteiger partial charge in [0.2, 0.25) is 5.91 Å². The fourth-order valence-corrected chi connectivity index (χ4v) is 2.26. The van der Waals surface area contributed by atoms with Crippen LogP contribution in [0.5, 0.6) is 0 Å². The van der Waals surface area contributed by atoms with Crippen molar-refractivity contribution in [2.75, 3.05) is 13.7 Å². The molecule has 0 spiro atoms. The predicted octanol–water partition coefficient (Wildman–Crippen LogP) is 1.86. The molecule has 0 aromatic heterocycles. The molecule has 18 heavy (non-hydrogen) atoms. The van der Waals surface area contributed by atoms with E-state index in [9.17, 15) is 9.90 Å². The van der Waals surface area contributed by atoms with E-state index in [1.54, 1.807) is 7.11 Å². The predicted molar refractivity (Wildman–Crippen MR) is 71.3 cm³/mol. The topological polar surface area (TPSA) is 58.6 Å². The van der Waals surface area contributed by atoms with Crippen LogP contribution in [0.3, 0.4) is 0 Å². The van der Waals surface area contributed by atoms with E-state index in [0.717, 1.165) is 25.7 Å². The Labute approximate surface area is 110 Å². The van der Waals surface area contributed by atoms with Gasteiger partial charge in [0.25, 0.3) is 0 Å². The van der Waals surface area contributed by atoms with Crippen LogP contribution in [0.25, 0.3) is 0 Å². The van der Waals surface area contributed by atoms with Gasteiger partial charge in [-0.2, -0.15) is 0 Å². The minimum absolute atomic E-state index is 0.0612. The monoisotopic (exact) mass is 257 g/mol. The van der Waals surface area contributed by atoms with Crippen LogP contribution in [-0.2, 0) is 9.53 Å². The van der Waals surface area contributed by atoms with Crippen LogP contribution >= 0.6 is 0 Å². The molecule has 0 aliphatic heterocycles. The normalized spacial score (nSPS) is 29.1. The summed E-state index contributed by atoms with van der Waals surface area (Å²) in [6, 6.07) is 0. The largest absolute Gasteiger partial charge is 0.388 e. The summed E-state index contributed by atoms with van der Waals surface area (Å²) in [4.78, 5) is 11.8. The van der Waals surface area contributed by atoms with Crippen LogP contribution < -0.4 is 5.32 Å². The molecule has 4 nitrogen and oxygen atoms in total. The molecule has 4 heteroatoms. The molecule has 2 N–H and O–H groups in total. The highest BCUT2D eigenvalue weighted by Crippen LogP contribution is 2.31. The second-order valence-electron chi connectivity index (χ2n) is 6.32. The highest BCUT2D eigenvalue weighted by atomic mass is 16.5. The average Bonchev–Trinajstić information content (AvgIpc) is 2.31. The Kier molecular flexibility index (Phi) is 5.17. The Morgan fingerprint density at radius 2 is 2.00 bits per heavy atom. The van der Waals surface area contributed by atoms with Gasteiger partial charge >= 0.3 is 0 Å². The van der Waals surface area contributed by atoms with Gasteiger partial charge in [-0.05, 0) is 45.4 Å². The summed E-state index contributed by atoms with van der Waals surface area (Å²) in [6.07, 6.45) is 3.95. The van der Waals surface area contributed by atoms with E-state index in [-0.39, 0.29) is 5.91 Å². The van der Waals surface area contributed by atoms with Gasteiger partial charge in [0.15, 0.2) is 0 Å². The molecule has 1 aliphatic carbocycles. The maximum absolute atomic E-state index is 11.8. The van der Waals surface area contributed by atoms with Crippen molar-refractivity contribution in [3.05, 3.63) is 0 Å². The van der Waals surface area contributed by atoms with E-state index in [1.165, 1.54) is 0 Å². The molecule has 0 bridgehead atoms. The average molecular weight is 257 g/mol. The molecule has 1 saturated carbocycles. The molecule has 0 aromatic rings. The van der Waals surface area contributed by atoms with Crippen molar-refractivity contribution in [3.8, 4) is 0 Å². The third kappa shape index (κ3) is 4.94. The SMILES string of the molecule is COC(C)(C)CC(=O)NCC1(O)CCC(C)CC1. The third-order valence-corrected chi connectivity index (χ3v) is 3.96. The Morgan fingerprint density at radius 3 is 2.50 bits per heavy atom. The Hall–Kier alpha value is -0.610.